The lowest BCUT2D eigenvalue weighted by atomic mass is 10.0. The fourth-order valence-corrected chi connectivity index (χ4v) is 1.39. The third-order valence-corrected chi connectivity index (χ3v) is 2.74. The molecule has 1 aliphatic carbocycles. The molecule has 60 valence electrons. The Kier molecular flexibility index (Phi) is 1.12. The summed E-state index contributed by atoms with van der Waals surface area (Å²) in [6.07, 6.45) is 4.77. The normalized spacial score (nSPS) is 20.2. The highest BCUT2D eigenvalue weighted by molar-refractivity contribution is 5.41. The van der Waals surface area contributed by atoms with Gasteiger partial charge in [0.15, 0.2) is 0 Å². The molecule has 0 aliphatic heterocycles. The van der Waals surface area contributed by atoms with Crippen molar-refractivity contribution in [3.05, 3.63) is 17.8 Å². The summed E-state index contributed by atoms with van der Waals surface area (Å²) >= 11 is 0. The lowest BCUT2D eigenvalue weighted by Gasteiger charge is -2.02. The first-order valence-corrected chi connectivity index (χ1v) is 4.04. The van der Waals surface area contributed by atoms with Crippen LogP contribution in [0.5, 0.6) is 0 Å². The number of anilines is 1. The number of nitrogens with two attached hydrogens (primary N) is 1. The first kappa shape index (κ1) is 6.77. The summed E-state index contributed by atoms with van der Waals surface area (Å²) in [5.74, 6) is 0.869. The van der Waals surface area contributed by atoms with Crippen LogP contribution in [0.3, 0.4) is 0 Å². The van der Waals surface area contributed by atoms with E-state index in [1.165, 1.54) is 18.4 Å². The quantitative estimate of drug-likeness (QED) is 0.648. The fraction of sp³-hybridized carbons (Fsp3) is 0.556. The zero-order chi connectivity index (χ0) is 8.06. The number of aromatic nitrogens is 1. The molecule has 0 unspecified atom stereocenters. The van der Waals surface area contributed by atoms with Crippen LogP contribution in [0.2, 0.25) is 0 Å². The van der Waals surface area contributed by atoms with Crippen LogP contribution in [0.25, 0.3) is 0 Å². The van der Waals surface area contributed by atoms with Crippen LogP contribution in [0.15, 0.2) is 12.3 Å². The van der Waals surface area contributed by atoms with E-state index in [4.69, 9.17) is 5.73 Å². The van der Waals surface area contributed by atoms with Gasteiger partial charge >= 0.3 is 0 Å². The molecule has 0 atom stereocenters. The average molecular weight is 150 g/mol. The Bertz CT molecular complexity index is 262. The summed E-state index contributed by atoms with van der Waals surface area (Å²) in [6.45, 7) is 2.29. The molecule has 0 saturated heterocycles. The highest BCUT2D eigenvalue weighted by Gasteiger charge is 2.39. The summed E-state index contributed by atoms with van der Waals surface area (Å²) in [5.41, 5.74) is 7.58. The number of aryl methyl sites for hydroxylation is 1. The van der Waals surface area contributed by atoms with Gasteiger partial charge in [0.25, 0.3) is 0 Å². The van der Waals surface area contributed by atoms with Crippen molar-refractivity contribution < 1.29 is 0 Å². The highest BCUT2D eigenvalue weighted by Crippen LogP contribution is 2.48. The number of hydrogen-bond donors (Lipinski definition) is 1. The first-order valence-electron chi connectivity index (χ1n) is 4.04. The molecule has 2 heteroatoms. The van der Waals surface area contributed by atoms with E-state index in [1.807, 2.05) is 11.6 Å². The summed E-state index contributed by atoms with van der Waals surface area (Å²) in [6, 6.07) is 2.09. The van der Waals surface area contributed by atoms with Crippen LogP contribution in [-0.4, -0.2) is 4.57 Å². The van der Waals surface area contributed by atoms with Crippen LogP contribution in [0, 0.1) is 0 Å². The smallest absolute Gasteiger partial charge is 0.103 e. The molecule has 1 aromatic heterocycles. The van der Waals surface area contributed by atoms with E-state index >= 15 is 0 Å². The predicted octanol–water partition coefficient (Wildman–Crippen LogP) is 1.66. The zero-order valence-corrected chi connectivity index (χ0v) is 7.09. The maximum absolute atomic E-state index is 5.73. The van der Waals surface area contributed by atoms with E-state index in [0.717, 1.165) is 5.82 Å². The Labute approximate surface area is 67.0 Å². The van der Waals surface area contributed by atoms with Gasteiger partial charge < -0.3 is 10.3 Å². The number of hydrogen-bond acceptors (Lipinski definition) is 1. The van der Waals surface area contributed by atoms with Crippen molar-refractivity contribution >= 4 is 5.82 Å². The van der Waals surface area contributed by atoms with Crippen LogP contribution < -0.4 is 5.73 Å². The molecule has 0 bridgehead atoms. The van der Waals surface area contributed by atoms with E-state index in [1.54, 1.807) is 0 Å². The van der Waals surface area contributed by atoms with Gasteiger partial charge in [0.05, 0.1) is 0 Å². The molecule has 1 saturated carbocycles. The molecule has 0 spiro atoms. The third-order valence-electron chi connectivity index (χ3n) is 2.74. The topological polar surface area (TPSA) is 30.9 Å². The van der Waals surface area contributed by atoms with Crippen molar-refractivity contribution in [1.29, 1.82) is 0 Å². The van der Waals surface area contributed by atoms with E-state index < -0.39 is 0 Å². The van der Waals surface area contributed by atoms with Gasteiger partial charge in [0.2, 0.25) is 0 Å². The molecule has 1 fully saturated rings. The predicted molar refractivity (Wildman–Crippen MR) is 46.4 cm³/mol. The van der Waals surface area contributed by atoms with Gasteiger partial charge in [-0.1, -0.05) is 6.92 Å². The van der Waals surface area contributed by atoms with Crippen molar-refractivity contribution in [3.63, 3.8) is 0 Å². The van der Waals surface area contributed by atoms with Gasteiger partial charge in [0.1, 0.15) is 5.82 Å². The molecule has 0 amide bonds. The monoisotopic (exact) mass is 150 g/mol. The molecule has 1 aliphatic rings. The molecule has 1 heterocycles. The van der Waals surface area contributed by atoms with Crippen molar-refractivity contribution in [2.24, 2.45) is 7.05 Å². The molecule has 0 aromatic carbocycles. The third kappa shape index (κ3) is 0.934. The summed E-state index contributed by atoms with van der Waals surface area (Å²) in [7, 11) is 1.99. The van der Waals surface area contributed by atoms with Crippen molar-refractivity contribution in [1.82, 2.24) is 4.57 Å². The standard InChI is InChI=1S/C9H14N2/c1-9(3-4-9)7-5-8(10)11(2)6-7/h5-6H,3-4,10H2,1-2H3. The maximum Gasteiger partial charge on any atom is 0.103 e. The Hall–Kier alpha value is -0.920. The van der Waals surface area contributed by atoms with Gasteiger partial charge in [0, 0.05) is 13.2 Å². The van der Waals surface area contributed by atoms with E-state index in [9.17, 15) is 0 Å². The van der Waals surface area contributed by atoms with Crippen molar-refractivity contribution in [2.45, 2.75) is 25.2 Å². The van der Waals surface area contributed by atoms with E-state index in [2.05, 4.69) is 19.2 Å². The number of rotatable bonds is 1. The second kappa shape index (κ2) is 1.81. The van der Waals surface area contributed by atoms with Gasteiger partial charge in [-0.05, 0) is 29.9 Å². The van der Waals surface area contributed by atoms with Gasteiger partial charge in [-0.2, -0.15) is 0 Å². The first-order chi connectivity index (χ1) is 5.12. The van der Waals surface area contributed by atoms with Gasteiger partial charge in [-0.15, -0.1) is 0 Å². The SMILES string of the molecule is Cn1cc(C2(C)CC2)cc1N. The average Bonchev–Trinajstić information content (AvgIpc) is 2.59. The fourth-order valence-electron chi connectivity index (χ4n) is 1.39. The minimum absolute atomic E-state index is 0.454. The van der Waals surface area contributed by atoms with Crippen molar-refractivity contribution in [2.75, 3.05) is 5.73 Å². The molecule has 2 rings (SSSR count). The lowest BCUT2D eigenvalue weighted by molar-refractivity contribution is 0.781. The van der Waals surface area contributed by atoms with Crippen LogP contribution in [0.1, 0.15) is 25.3 Å². The highest BCUT2D eigenvalue weighted by atomic mass is 15.0. The second-order valence-electron chi connectivity index (χ2n) is 3.83. The van der Waals surface area contributed by atoms with E-state index in [-0.39, 0.29) is 0 Å². The number of nitrogens with zero attached hydrogens (tertiary/aromatic N) is 1. The lowest BCUT2D eigenvalue weighted by Crippen LogP contribution is -1.96. The molecular formula is C9H14N2. The molecule has 2 nitrogen and oxygen atoms in total. The minimum Gasteiger partial charge on any atom is -0.385 e. The molecule has 1 aromatic rings. The summed E-state index contributed by atoms with van der Waals surface area (Å²) < 4.78 is 1.99. The van der Waals surface area contributed by atoms with Crippen LogP contribution >= 0.6 is 0 Å². The largest absolute Gasteiger partial charge is 0.385 e. The summed E-state index contributed by atoms with van der Waals surface area (Å²) in [4.78, 5) is 0. The molecule has 11 heavy (non-hydrogen) atoms. The molecule has 2 N–H and O–H groups in total. The Morgan fingerprint density at radius 1 is 1.55 bits per heavy atom. The van der Waals surface area contributed by atoms with Crippen molar-refractivity contribution in [3.8, 4) is 0 Å². The molecular weight excluding hydrogens is 136 g/mol. The number of nitrogen functional groups attached to an aromatic ring is 1. The Morgan fingerprint density at radius 3 is 2.55 bits per heavy atom. The van der Waals surface area contributed by atoms with Gasteiger partial charge in [-0.25, -0.2) is 0 Å². The minimum atomic E-state index is 0.454. The maximum atomic E-state index is 5.73. The summed E-state index contributed by atoms with van der Waals surface area (Å²) in [5, 5.41) is 0. The second-order valence-corrected chi connectivity index (χ2v) is 3.83. The van der Waals surface area contributed by atoms with Crippen LogP contribution in [-0.2, 0) is 12.5 Å². The van der Waals surface area contributed by atoms with Gasteiger partial charge in [-0.3, -0.25) is 0 Å². The van der Waals surface area contributed by atoms with Crippen LogP contribution in [0.4, 0.5) is 5.82 Å². The van der Waals surface area contributed by atoms with E-state index in [0.29, 0.717) is 5.41 Å². The Balaban J connectivity index is 2.39. The Morgan fingerprint density at radius 2 is 2.18 bits per heavy atom. The zero-order valence-electron chi connectivity index (χ0n) is 7.09. The molecule has 0 radical (unpaired) electrons.